The van der Waals surface area contributed by atoms with Gasteiger partial charge in [-0.05, 0) is 33.1 Å². The maximum atomic E-state index is 4.70. The van der Waals surface area contributed by atoms with Crippen LogP contribution in [0.15, 0.2) is 23.0 Å². The van der Waals surface area contributed by atoms with E-state index in [-0.39, 0.29) is 0 Å². The van der Waals surface area contributed by atoms with E-state index in [9.17, 15) is 0 Å². The van der Waals surface area contributed by atoms with E-state index >= 15 is 0 Å². The normalized spacial score (nSPS) is 11.5. The molecule has 0 aliphatic carbocycles. The molecule has 1 rings (SSSR count). The first-order chi connectivity index (χ1) is 10.2. The van der Waals surface area contributed by atoms with Gasteiger partial charge in [-0.3, -0.25) is 4.99 Å². The van der Waals surface area contributed by atoms with Gasteiger partial charge in [0, 0.05) is 44.2 Å². The number of hydrogen-bond donors (Lipinski definition) is 1. The van der Waals surface area contributed by atoms with Gasteiger partial charge in [0.25, 0.3) is 0 Å². The summed E-state index contributed by atoms with van der Waals surface area (Å²) in [7, 11) is 2.09. The number of aryl methyl sites for hydroxylation is 2. The summed E-state index contributed by atoms with van der Waals surface area (Å²) in [6.07, 6.45) is 6.19. The van der Waals surface area contributed by atoms with Gasteiger partial charge in [-0.15, -0.1) is 17.9 Å². The van der Waals surface area contributed by atoms with E-state index in [1.165, 1.54) is 5.01 Å². The smallest absolute Gasteiger partial charge is 0.193 e. The molecule has 0 fully saturated rings. The molecule has 0 saturated carbocycles. The van der Waals surface area contributed by atoms with E-state index in [0.29, 0.717) is 0 Å². The molecular weight excluding hydrogens is 280 g/mol. The summed E-state index contributed by atoms with van der Waals surface area (Å²) in [5, 5.41) is 6.67. The van der Waals surface area contributed by atoms with Crippen LogP contribution in [0.1, 0.15) is 36.9 Å². The van der Waals surface area contributed by atoms with Crippen LogP contribution in [0.5, 0.6) is 0 Å². The maximum Gasteiger partial charge on any atom is 0.193 e. The predicted octanol–water partition coefficient (Wildman–Crippen LogP) is 3.25. The van der Waals surface area contributed by atoms with Crippen LogP contribution in [0.2, 0.25) is 0 Å². The number of aromatic nitrogens is 1. The van der Waals surface area contributed by atoms with Crippen LogP contribution in [0.4, 0.5) is 0 Å². The van der Waals surface area contributed by atoms with Crippen molar-refractivity contribution in [1.29, 1.82) is 0 Å². The van der Waals surface area contributed by atoms with Crippen LogP contribution in [0, 0.1) is 6.92 Å². The molecule has 0 amide bonds. The molecule has 0 aromatic carbocycles. The zero-order valence-electron chi connectivity index (χ0n) is 13.6. The highest BCUT2D eigenvalue weighted by Crippen LogP contribution is 2.10. The summed E-state index contributed by atoms with van der Waals surface area (Å²) in [6, 6.07) is 0. The Hall–Kier alpha value is -1.36. The van der Waals surface area contributed by atoms with E-state index < -0.39 is 0 Å². The standard InChI is InChI=1S/C16H28N4S/c1-5-7-8-12-20(4)16(17-6-2)18-11-9-10-15-19-14(3)13-21-15/h5,13H,1,6-12H2,2-4H3,(H,17,18). The van der Waals surface area contributed by atoms with Crippen molar-refractivity contribution in [2.24, 2.45) is 4.99 Å². The fourth-order valence-electron chi connectivity index (χ4n) is 1.98. The average molecular weight is 308 g/mol. The van der Waals surface area contributed by atoms with Gasteiger partial charge >= 0.3 is 0 Å². The molecular formula is C16H28N4S. The first kappa shape index (κ1) is 17.7. The Labute approximate surface area is 133 Å². The Morgan fingerprint density at radius 3 is 2.95 bits per heavy atom. The summed E-state index contributed by atoms with van der Waals surface area (Å²) >= 11 is 1.74. The van der Waals surface area contributed by atoms with Gasteiger partial charge in [0.1, 0.15) is 0 Å². The van der Waals surface area contributed by atoms with Crippen LogP contribution in [-0.4, -0.2) is 42.5 Å². The summed E-state index contributed by atoms with van der Waals surface area (Å²) in [6.45, 7) is 10.6. The minimum Gasteiger partial charge on any atom is -0.357 e. The lowest BCUT2D eigenvalue weighted by Gasteiger charge is -2.21. The van der Waals surface area contributed by atoms with Crippen molar-refractivity contribution in [1.82, 2.24) is 15.2 Å². The number of guanidine groups is 1. The van der Waals surface area contributed by atoms with E-state index in [0.717, 1.165) is 57.0 Å². The highest BCUT2D eigenvalue weighted by molar-refractivity contribution is 7.09. The van der Waals surface area contributed by atoms with Gasteiger partial charge in [-0.2, -0.15) is 0 Å². The molecule has 0 aliphatic rings. The van der Waals surface area contributed by atoms with Gasteiger partial charge in [0.05, 0.1) is 5.01 Å². The van der Waals surface area contributed by atoms with Crippen molar-refractivity contribution in [2.45, 2.75) is 39.5 Å². The summed E-state index contributed by atoms with van der Waals surface area (Å²) in [5.41, 5.74) is 1.12. The number of nitrogens with one attached hydrogen (secondary N) is 1. The van der Waals surface area contributed by atoms with Crippen LogP contribution < -0.4 is 5.32 Å². The van der Waals surface area contributed by atoms with Crippen LogP contribution >= 0.6 is 11.3 Å². The molecule has 118 valence electrons. The number of nitrogens with zero attached hydrogens (tertiary/aromatic N) is 3. The highest BCUT2D eigenvalue weighted by Gasteiger charge is 2.04. The fourth-order valence-corrected chi connectivity index (χ4v) is 2.80. The fraction of sp³-hybridized carbons (Fsp3) is 0.625. The molecule has 0 saturated heterocycles. The number of thiazole rings is 1. The molecule has 21 heavy (non-hydrogen) atoms. The highest BCUT2D eigenvalue weighted by atomic mass is 32.1. The topological polar surface area (TPSA) is 40.5 Å². The molecule has 0 spiro atoms. The molecule has 5 heteroatoms. The quantitative estimate of drug-likeness (QED) is 0.329. The predicted molar refractivity (Wildman–Crippen MR) is 93.2 cm³/mol. The van der Waals surface area contributed by atoms with Crippen LogP contribution in [-0.2, 0) is 6.42 Å². The number of unbranched alkanes of at least 4 members (excludes halogenated alkanes) is 1. The number of hydrogen-bond acceptors (Lipinski definition) is 3. The Balaban J connectivity index is 2.37. The van der Waals surface area contributed by atoms with Crippen molar-refractivity contribution in [3.05, 3.63) is 28.7 Å². The molecule has 0 aliphatic heterocycles. The van der Waals surface area contributed by atoms with E-state index in [4.69, 9.17) is 4.99 Å². The Kier molecular flexibility index (Phi) is 8.74. The van der Waals surface area contributed by atoms with Gasteiger partial charge in [-0.1, -0.05) is 6.08 Å². The van der Waals surface area contributed by atoms with Crippen molar-refractivity contribution < 1.29 is 0 Å². The SMILES string of the molecule is C=CCCCN(C)C(=NCCCc1nc(C)cs1)NCC. The van der Waals surface area contributed by atoms with Gasteiger partial charge < -0.3 is 10.2 Å². The number of aliphatic imine (C=N–C) groups is 1. The lowest BCUT2D eigenvalue weighted by Crippen LogP contribution is -2.39. The minimum absolute atomic E-state index is 0.840. The molecule has 1 aromatic rings. The summed E-state index contributed by atoms with van der Waals surface area (Å²) in [5.74, 6) is 0.997. The molecule has 4 nitrogen and oxygen atoms in total. The molecule has 0 atom stereocenters. The van der Waals surface area contributed by atoms with E-state index in [1.54, 1.807) is 11.3 Å². The van der Waals surface area contributed by atoms with E-state index in [1.807, 2.05) is 13.0 Å². The maximum absolute atomic E-state index is 4.70. The molecule has 1 N–H and O–H groups in total. The zero-order chi connectivity index (χ0) is 15.5. The number of allylic oxidation sites excluding steroid dienone is 1. The lowest BCUT2D eigenvalue weighted by molar-refractivity contribution is 0.470. The molecule has 0 radical (unpaired) electrons. The monoisotopic (exact) mass is 308 g/mol. The molecule has 1 aromatic heterocycles. The van der Waals surface area contributed by atoms with Crippen molar-refractivity contribution >= 4 is 17.3 Å². The largest absolute Gasteiger partial charge is 0.357 e. The van der Waals surface area contributed by atoms with Crippen molar-refractivity contribution in [3.63, 3.8) is 0 Å². The third-order valence-electron chi connectivity index (χ3n) is 3.08. The van der Waals surface area contributed by atoms with Gasteiger partial charge in [0.2, 0.25) is 0 Å². The van der Waals surface area contributed by atoms with Crippen LogP contribution in [0.25, 0.3) is 0 Å². The Bertz CT molecular complexity index is 439. The molecule has 0 unspecified atom stereocenters. The number of rotatable bonds is 9. The average Bonchev–Trinajstić information content (AvgIpc) is 2.88. The first-order valence-electron chi connectivity index (χ1n) is 7.68. The lowest BCUT2D eigenvalue weighted by atomic mass is 10.3. The van der Waals surface area contributed by atoms with Crippen molar-refractivity contribution in [3.8, 4) is 0 Å². The third kappa shape index (κ3) is 7.27. The van der Waals surface area contributed by atoms with Crippen molar-refractivity contribution in [2.75, 3.05) is 26.7 Å². The second-order valence-corrected chi connectivity index (χ2v) is 6.02. The summed E-state index contributed by atoms with van der Waals surface area (Å²) in [4.78, 5) is 11.4. The second-order valence-electron chi connectivity index (χ2n) is 5.07. The second kappa shape index (κ2) is 10.4. The third-order valence-corrected chi connectivity index (χ3v) is 4.10. The molecule has 1 heterocycles. The van der Waals surface area contributed by atoms with Gasteiger partial charge in [-0.25, -0.2) is 4.98 Å². The summed E-state index contributed by atoms with van der Waals surface area (Å²) < 4.78 is 0. The first-order valence-corrected chi connectivity index (χ1v) is 8.56. The molecule has 0 bridgehead atoms. The Morgan fingerprint density at radius 2 is 2.33 bits per heavy atom. The van der Waals surface area contributed by atoms with Gasteiger partial charge in [0.15, 0.2) is 5.96 Å². The van der Waals surface area contributed by atoms with Crippen LogP contribution in [0.3, 0.4) is 0 Å². The van der Waals surface area contributed by atoms with E-state index in [2.05, 4.69) is 41.1 Å². The Morgan fingerprint density at radius 1 is 1.52 bits per heavy atom. The zero-order valence-corrected chi connectivity index (χ0v) is 14.4. The minimum atomic E-state index is 0.840.